The summed E-state index contributed by atoms with van der Waals surface area (Å²) in [5, 5.41) is 0.630. The standard InChI is InChI=1S/C14H11FN2OS/c1-8-6-11-13(18)16-12(17-14(11)19-8)7-9-2-4-10(15)5-3-9/h2-6H,7H2,1H3,(H,16,17,18). The summed E-state index contributed by atoms with van der Waals surface area (Å²) in [5.74, 6) is 0.334. The van der Waals surface area contributed by atoms with Crippen molar-refractivity contribution in [3.63, 3.8) is 0 Å². The SMILES string of the molecule is Cc1cc2c(=O)[nH]c(Cc3ccc(F)cc3)nc2s1. The van der Waals surface area contributed by atoms with Crippen molar-refractivity contribution in [2.75, 3.05) is 0 Å². The summed E-state index contributed by atoms with van der Waals surface area (Å²) in [6.07, 6.45) is 0.488. The number of nitrogens with zero attached hydrogens (tertiary/aromatic N) is 1. The van der Waals surface area contributed by atoms with Crippen molar-refractivity contribution >= 4 is 21.6 Å². The highest BCUT2D eigenvalue weighted by Crippen LogP contribution is 2.20. The van der Waals surface area contributed by atoms with Crippen molar-refractivity contribution in [2.24, 2.45) is 0 Å². The van der Waals surface area contributed by atoms with Gasteiger partial charge < -0.3 is 4.98 Å². The fourth-order valence-corrected chi connectivity index (χ4v) is 2.88. The van der Waals surface area contributed by atoms with Gasteiger partial charge in [0.15, 0.2) is 0 Å². The van der Waals surface area contributed by atoms with Gasteiger partial charge in [0.25, 0.3) is 5.56 Å². The summed E-state index contributed by atoms with van der Waals surface area (Å²) in [6, 6.07) is 8.04. The summed E-state index contributed by atoms with van der Waals surface area (Å²) in [7, 11) is 0. The molecule has 0 radical (unpaired) electrons. The Balaban J connectivity index is 2.01. The highest BCUT2D eigenvalue weighted by molar-refractivity contribution is 7.18. The molecule has 0 aliphatic rings. The molecule has 19 heavy (non-hydrogen) atoms. The molecule has 3 aromatic rings. The summed E-state index contributed by atoms with van der Waals surface area (Å²) in [6.45, 7) is 1.95. The van der Waals surface area contributed by atoms with Crippen molar-refractivity contribution in [2.45, 2.75) is 13.3 Å². The molecule has 3 rings (SSSR count). The van der Waals surface area contributed by atoms with Gasteiger partial charge in [-0.2, -0.15) is 0 Å². The van der Waals surface area contributed by atoms with Gasteiger partial charge in [-0.1, -0.05) is 12.1 Å². The lowest BCUT2D eigenvalue weighted by Crippen LogP contribution is -2.10. The molecule has 0 saturated heterocycles. The van der Waals surface area contributed by atoms with Gasteiger partial charge >= 0.3 is 0 Å². The second-order valence-electron chi connectivity index (χ2n) is 4.39. The third kappa shape index (κ3) is 2.42. The van der Waals surface area contributed by atoms with E-state index in [1.807, 2.05) is 13.0 Å². The van der Waals surface area contributed by atoms with Crippen LogP contribution in [0.4, 0.5) is 4.39 Å². The number of nitrogens with one attached hydrogen (secondary N) is 1. The van der Waals surface area contributed by atoms with E-state index in [1.54, 1.807) is 12.1 Å². The number of benzene rings is 1. The summed E-state index contributed by atoms with van der Waals surface area (Å²) in [5.41, 5.74) is 0.795. The van der Waals surface area contributed by atoms with Gasteiger partial charge in [-0.3, -0.25) is 4.79 Å². The molecule has 0 aliphatic heterocycles. The van der Waals surface area contributed by atoms with Gasteiger partial charge in [0, 0.05) is 11.3 Å². The molecule has 0 unspecified atom stereocenters. The molecule has 0 aliphatic carbocycles. The van der Waals surface area contributed by atoms with E-state index in [2.05, 4.69) is 9.97 Å². The molecule has 0 saturated carbocycles. The van der Waals surface area contributed by atoms with E-state index in [9.17, 15) is 9.18 Å². The Morgan fingerprint density at radius 1 is 1.32 bits per heavy atom. The van der Waals surface area contributed by atoms with Crippen molar-refractivity contribution in [3.8, 4) is 0 Å². The van der Waals surface area contributed by atoms with Crippen molar-refractivity contribution < 1.29 is 4.39 Å². The molecule has 1 N–H and O–H groups in total. The van der Waals surface area contributed by atoms with Crippen LogP contribution in [0.3, 0.4) is 0 Å². The van der Waals surface area contributed by atoms with Gasteiger partial charge in [-0.05, 0) is 30.7 Å². The van der Waals surface area contributed by atoms with E-state index in [0.717, 1.165) is 15.3 Å². The van der Waals surface area contributed by atoms with Crippen LogP contribution in [0.2, 0.25) is 0 Å². The van der Waals surface area contributed by atoms with Crippen molar-refractivity contribution in [3.05, 3.63) is 62.8 Å². The Bertz CT molecular complexity index is 789. The van der Waals surface area contributed by atoms with E-state index in [-0.39, 0.29) is 11.4 Å². The van der Waals surface area contributed by atoms with Crippen molar-refractivity contribution in [1.29, 1.82) is 0 Å². The molecule has 96 valence electrons. The van der Waals surface area contributed by atoms with Crippen LogP contribution < -0.4 is 5.56 Å². The monoisotopic (exact) mass is 274 g/mol. The molecular weight excluding hydrogens is 263 g/mol. The van der Waals surface area contributed by atoms with E-state index >= 15 is 0 Å². The van der Waals surface area contributed by atoms with Crippen LogP contribution in [0.5, 0.6) is 0 Å². The maximum Gasteiger partial charge on any atom is 0.259 e. The number of rotatable bonds is 2. The molecular formula is C14H11FN2OS. The van der Waals surface area contributed by atoms with Gasteiger partial charge in [0.05, 0.1) is 5.39 Å². The summed E-state index contributed by atoms with van der Waals surface area (Å²) >= 11 is 1.50. The zero-order valence-electron chi connectivity index (χ0n) is 10.2. The minimum atomic E-state index is -0.269. The molecule has 3 nitrogen and oxygen atoms in total. The lowest BCUT2D eigenvalue weighted by molar-refractivity contribution is 0.627. The van der Waals surface area contributed by atoms with E-state index in [1.165, 1.54) is 23.5 Å². The van der Waals surface area contributed by atoms with Crippen molar-refractivity contribution in [1.82, 2.24) is 9.97 Å². The third-order valence-corrected chi connectivity index (χ3v) is 3.80. The summed E-state index contributed by atoms with van der Waals surface area (Å²) < 4.78 is 12.8. The predicted octanol–water partition coefficient (Wildman–Crippen LogP) is 3.02. The number of halogens is 1. The molecule has 0 fully saturated rings. The number of aromatic nitrogens is 2. The maximum atomic E-state index is 12.8. The number of fused-ring (bicyclic) bond motifs is 1. The fourth-order valence-electron chi connectivity index (χ4n) is 1.98. The van der Waals surface area contributed by atoms with Gasteiger partial charge in [-0.25, -0.2) is 9.37 Å². The first-order valence-electron chi connectivity index (χ1n) is 5.85. The lowest BCUT2D eigenvalue weighted by Gasteiger charge is -2.01. The maximum absolute atomic E-state index is 12.8. The molecule has 5 heteroatoms. The molecule has 0 amide bonds. The number of thiophene rings is 1. The van der Waals surface area contributed by atoms with E-state index in [4.69, 9.17) is 0 Å². The Morgan fingerprint density at radius 2 is 2.05 bits per heavy atom. The molecule has 0 bridgehead atoms. The normalized spacial score (nSPS) is 11.1. The first-order valence-corrected chi connectivity index (χ1v) is 6.67. The average molecular weight is 274 g/mol. The van der Waals surface area contributed by atoms with E-state index < -0.39 is 0 Å². The molecule has 1 aromatic carbocycles. The fraction of sp³-hybridized carbons (Fsp3) is 0.143. The lowest BCUT2D eigenvalue weighted by atomic mass is 10.1. The first kappa shape index (κ1) is 12.0. The van der Waals surface area contributed by atoms with E-state index in [0.29, 0.717) is 17.6 Å². The van der Waals surface area contributed by atoms with Crippen LogP contribution in [0, 0.1) is 12.7 Å². The number of aryl methyl sites for hydroxylation is 1. The smallest absolute Gasteiger partial charge is 0.259 e. The highest BCUT2D eigenvalue weighted by atomic mass is 32.1. The van der Waals surface area contributed by atoms with Gasteiger partial charge in [0.1, 0.15) is 16.5 Å². The quantitative estimate of drug-likeness (QED) is 0.780. The highest BCUT2D eigenvalue weighted by Gasteiger charge is 2.07. The molecule has 0 spiro atoms. The Labute approximate surface area is 112 Å². The van der Waals surface area contributed by atoms with Crippen LogP contribution >= 0.6 is 11.3 Å². The second kappa shape index (κ2) is 4.59. The minimum absolute atomic E-state index is 0.119. The zero-order valence-corrected chi connectivity index (χ0v) is 11.1. The topological polar surface area (TPSA) is 45.8 Å². The molecule has 2 aromatic heterocycles. The van der Waals surface area contributed by atoms with Crippen LogP contribution in [-0.4, -0.2) is 9.97 Å². The van der Waals surface area contributed by atoms with Gasteiger partial charge in [-0.15, -0.1) is 11.3 Å². The Hall–Kier alpha value is -2.01. The van der Waals surface area contributed by atoms with Crippen LogP contribution in [0.1, 0.15) is 16.3 Å². The summed E-state index contributed by atoms with van der Waals surface area (Å²) in [4.78, 5) is 20.9. The number of hydrogen-bond donors (Lipinski definition) is 1. The number of H-pyrrole nitrogens is 1. The molecule has 0 atom stereocenters. The Morgan fingerprint density at radius 3 is 2.79 bits per heavy atom. The Kier molecular flexibility index (Phi) is 2.91. The van der Waals surface area contributed by atoms with Gasteiger partial charge in [0.2, 0.25) is 0 Å². The van der Waals surface area contributed by atoms with Crippen LogP contribution in [0.15, 0.2) is 35.1 Å². The second-order valence-corrected chi connectivity index (χ2v) is 5.63. The van der Waals surface area contributed by atoms with Crippen LogP contribution in [-0.2, 0) is 6.42 Å². The minimum Gasteiger partial charge on any atom is -0.310 e. The largest absolute Gasteiger partial charge is 0.310 e. The first-order chi connectivity index (χ1) is 9.11. The molecule has 2 heterocycles. The van der Waals surface area contributed by atoms with Crippen LogP contribution in [0.25, 0.3) is 10.2 Å². The number of aromatic amines is 1. The zero-order chi connectivity index (χ0) is 13.4. The average Bonchev–Trinajstić information content (AvgIpc) is 2.73. The third-order valence-electron chi connectivity index (χ3n) is 2.86. The number of hydrogen-bond acceptors (Lipinski definition) is 3. The predicted molar refractivity (Wildman–Crippen MR) is 74.2 cm³/mol.